The van der Waals surface area contributed by atoms with Crippen molar-refractivity contribution >= 4 is 31.8 Å². The third kappa shape index (κ3) is 3.48. The molecule has 0 amide bonds. The molecule has 0 radical (unpaired) electrons. The average Bonchev–Trinajstić information content (AvgIpc) is 3.36. The second kappa shape index (κ2) is 8.31. The second-order valence-corrected chi connectivity index (χ2v) is 13.2. The van der Waals surface area contributed by atoms with E-state index < -0.39 is 7.92 Å². The minimum absolute atomic E-state index is 0.0275. The van der Waals surface area contributed by atoms with Gasteiger partial charge in [-0.3, -0.25) is 0 Å². The quantitative estimate of drug-likeness (QED) is 0.474. The van der Waals surface area contributed by atoms with Gasteiger partial charge in [0, 0.05) is 5.66 Å². The van der Waals surface area contributed by atoms with Gasteiger partial charge >= 0.3 is 0 Å². The van der Waals surface area contributed by atoms with Gasteiger partial charge in [-0.05, 0) is 49.3 Å². The van der Waals surface area contributed by atoms with Gasteiger partial charge in [0.05, 0.1) is 6.10 Å². The van der Waals surface area contributed by atoms with Crippen molar-refractivity contribution in [2.45, 2.75) is 43.3 Å². The Morgan fingerprint density at radius 1 is 0.793 bits per heavy atom. The lowest BCUT2D eigenvalue weighted by Crippen LogP contribution is -2.42. The fraction of sp³-hybridized carbons (Fsp3) is 0.308. The van der Waals surface area contributed by atoms with Gasteiger partial charge in [-0.25, -0.2) is 0 Å². The Morgan fingerprint density at radius 3 is 1.79 bits per heavy atom. The van der Waals surface area contributed by atoms with Crippen LogP contribution in [0.2, 0.25) is 0 Å². The zero-order chi connectivity index (χ0) is 19.7. The summed E-state index contributed by atoms with van der Waals surface area (Å²) in [5.41, 5.74) is 0.634. The van der Waals surface area contributed by atoms with Gasteiger partial charge < -0.3 is 4.74 Å². The average molecular weight is 418 g/mol. The smallest absolute Gasteiger partial charge is 0.103 e. The van der Waals surface area contributed by atoms with Crippen LogP contribution in [0.3, 0.4) is 0 Å². The molecule has 29 heavy (non-hydrogen) atoms. The zero-order valence-electron chi connectivity index (χ0n) is 16.9. The van der Waals surface area contributed by atoms with Gasteiger partial charge in [-0.1, -0.05) is 106 Å². The van der Waals surface area contributed by atoms with Crippen molar-refractivity contribution in [1.82, 2.24) is 0 Å². The third-order valence-corrected chi connectivity index (χ3v) is 12.7. The highest BCUT2D eigenvalue weighted by atomic mass is 31.1. The molecule has 1 nitrogen and oxygen atoms in total. The molecule has 0 N–H and O–H groups in total. The maximum absolute atomic E-state index is 6.99. The minimum Gasteiger partial charge on any atom is -0.366 e. The lowest BCUT2D eigenvalue weighted by molar-refractivity contribution is 0.0793. The molecule has 0 aliphatic carbocycles. The zero-order valence-corrected chi connectivity index (χ0v) is 18.7. The Kier molecular flexibility index (Phi) is 5.57. The summed E-state index contributed by atoms with van der Waals surface area (Å²) in [6.45, 7) is 2.38. The SMILES string of the molecule is CCP(c1ccccc1)[C@@H]1C[C@H]2CC[C@]1(P(c1ccccc1)c1ccccc1)O2. The summed E-state index contributed by atoms with van der Waals surface area (Å²) in [5, 5.41) is 4.43. The standard InChI is InChI=1S/C26H28OP2/c1-2-28(22-12-6-3-7-13-22)25-20-21-18-19-26(25,27-21)29(23-14-8-4-9-15-23)24-16-10-5-11-17-24/h3-17,21,25H,2,18-20H2,1H3/t21-,25-,26-,28?/m1/s1. The van der Waals surface area contributed by atoms with Gasteiger partial charge in [0.1, 0.15) is 5.34 Å². The first kappa shape index (κ1) is 19.4. The van der Waals surface area contributed by atoms with Crippen molar-refractivity contribution in [3.8, 4) is 0 Å². The topological polar surface area (TPSA) is 9.23 Å². The summed E-state index contributed by atoms with van der Waals surface area (Å²) in [5.74, 6) is 0. The third-order valence-electron chi connectivity index (χ3n) is 6.41. The van der Waals surface area contributed by atoms with Crippen LogP contribution in [0.15, 0.2) is 91.0 Å². The van der Waals surface area contributed by atoms with Crippen LogP contribution in [0.5, 0.6) is 0 Å². The predicted molar refractivity (Wildman–Crippen MR) is 128 cm³/mol. The van der Waals surface area contributed by atoms with Crippen molar-refractivity contribution in [2.24, 2.45) is 0 Å². The molecule has 2 aliphatic heterocycles. The number of fused-ring (bicyclic) bond motifs is 2. The highest BCUT2D eigenvalue weighted by Crippen LogP contribution is 2.69. The van der Waals surface area contributed by atoms with Crippen LogP contribution in [0, 0.1) is 0 Å². The Morgan fingerprint density at radius 2 is 1.31 bits per heavy atom. The van der Waals surface area contributed by atoms with Crippen LogP contribution in [0.1, 0.15) is 26.2 Å². The normalized spacial score (nSPS) is 26.7. The van der Waals surface area contributed by atoms with Crippen LogP contribution < -0.4 is 15.9 Å². The summed E-state index contributed by atoms with van der Waals surface area (Å²) in [6.07, 6.45) is 5.32. The molecule has 5 rings (SSSR count). The van der Waals surface area contributed by atoms with E-state index >= 15 is 0 Å². The number of ether oxygens (including phenoxy) is 1. The van der Waals surface area contributed by atoms with Crippen molar-refractivity contribution in [3.05, 3.63) is 91.0 Å². The molecular formula is C26H28OP2. The van der Waals surface area contributed by atoms with E-state index in [0.717, 1.165) is 0 Å². The van der Waals surface area contributed by atoms with E-state index in [4.69, 9.17) is 4.74 Å². The summed E-state index contributed by atoms with van der Waals surface area (Å²) < 4.78 is 6.99. The number of benzene rings is 3. The Labute approximate surface area is 177 Å². The van der Waals surface area contributed by atoms with Gasteiger partial charge in [0.15, 0.2) is 0 Å². The van der Waals surface area contributed by atoms with Crippen LogP contribution >= 0.6 is 15.8 Å². The Hall–Kier alpha value is -1.52. The van der Waals surface area contributed by atoms with Crippen molar-refractivity contribution in [1.29, 1.82) is 0 Å². The second-order valence-electron chi connectivity index (χ2n) is 8.00. The Balaban J connectivity index is 1.63. The molecule has 0 spiro atoms. The number of hydrogen-bond acceptors (Lipinski definition) is 1. The molecule has 3 aromatic carbocycles. The highest BCUT2D eigenvalue weighted by molar-refractivity contribution is 7.76. The summed E-state index contributed by atoms with van der Waals surface area (Å²) >= 11 is 0. The molecule has 2 bridgehead atoms. The maximum atomic E-state index is 6.99. The summed E-state index contributed by atoms with van der Waals surface area (Å²) in [7, 11) is -0.809. The highest BCUT2D eigenvalue weighted by Gasteiger charge is 2.60. The van der Waals surface area contributed by atoms with Gasteiger partial charge in [-0.2, -0.15) is 0 Å². The fourth-order valence-electron chi connectivity index (χ4n) is 5.25. The minimum atomic E-state index is -0.569. The molecule has 2 fully saturated rings. The largest absolute Gasteiger partial charge is 0.366 e. The van der Waals surface area contributed by atoms with E-state index in [-0.39, 0.29) is 13.3 Å². The molecule has 1 unspecified atom stereocenters. The van der Waals surface area contributed by atoms with Crippen molar-refractivity contribution in [3.63, 3.8) is 0 Å². The fourth-order valence-corrected chi connectivity index (χ4v) is 12.0. The van der Waals surface area contributed by atoms with Crippen LogP contribution in [-0.2, 0) is 4.74 Å². The molecule has 148 valence electrons. The van der Waals surface area contributed by atoms with Crippen LogP contribution in [-0.4, -0.2) is 23.3 Å². The molecule has 2 aliphatic rings. The lowest BCUT2D eigenvalue weighted by atomic mass is 9.99. The molecule has 0 saturated carbocycles. The van der Waals surface area contributed by atoms with Crippen LogP contribution in [0.25, 0.3) is 0 Å². The first-order chi connectivity index (χ1) is 14.3. The van der Waals surface area contributed by atoms with Crippen molar-refractivity contribution < 1.29 is 4.74 Å². The van der Waals surface area contributed by atoms with E-state index in [9.17, 15) is 0 Å². The first-order valence-electron chi connectivity index (χ1n) is 10.7. The van der Waals surface area contributed by atoms with Gasteiger partial charge in [0.2, 0.25) is 0 Å². The Bertz CT molecular complexity index is 891. The predicted octanol–water partition coefficient (Wildman–Crippen LogP) is 5.59. The first-order valence-corrected chi connectivity index (χ1v) is 13.7. The maximum Gasteiger partial charge on any atom is 0.103 e. The van der Waals surface area contributed by atoms with E-state index in [1.165, 1.54) is 36.0 Å². The molecule has 2 heterocycles. The van der Waals surface area contributed by atoms with E-state index in [1.807, 2.05) is 0 Å². The van der Waals surface area contributed by atoms with E-state index in [1.54, 1.807) is 5.30 Å². The van der Waals surface area contributed by atoms with E-state index in [0.29, 0.717) is 11.8 Å². The summed E-state index contributed by atoms with van der Waals surface area (Å²) in [6, 6.07) is 33.6. The number of hydrogen-bond donors (Lipinski definition) is 0. The van der Waals surface area contributed by atoms with Crippen LogP contribution in [0.4, 0.5) is 0 Å². The molecule has 4 atom stereocenters. The van der Waals surface area contributed by atoms with Gasteiger partial charge in [0.25, 0.3) is 0 Å². The lowest BCUT2D eigenvalue weighted by Gasteiger charge is -2.44. The van der Waals surface area contributed by atoms with Crippen molar-refractivity contribution in [2.75, 3.05) is 6.16 Å². The molecule has 2 saturated heterocycles. The molecule has 3 heteroatoms. The van der Waals surface area contributed by atoms with Gasteiger partial charge in [-0.15, -0.1) is 0 Å². The number of rotatable bonds is 6. The van der Waals surface area contributed by atoms with E-state index in [2.05, 4.69) is 97.9 Å². The summed E-state index contributed by atoms with van der Waals surface area (Å²) in [4.78, 5) is 0. The molecule has 0 aromatic heterocycles. The molecular weight excluding hydrogens is 390 g/mol. The monoisotopic (exact) mass is 418 g/mol. The molecule has 3 aromatic rings.